The minimum Gasteiger partial charge on any atom is -0.496 e. The van der Waals surface area contributed by atoms with E-state index in [-0.39, 0.29) is 5.91 Å². The molecule has 0 fully saturated rings. The molecule has 21 heavy (non-hydrogen) atoms. The van der Waals surface area contributed by atoms with E-state index in [1.807, 2.05) is 32.0 Å². The predicted octanol–water partition coefficient (Wildman–Crippen LogP) is 3.93. The number of hydrogen-bond donors (Lipinski definition) is 1. The Morgan fingerprint density at radius 2 is 2.00 bits per heavy atom. The van der Waals surface area contributed by atoms with E-state index in [9.17, 15) is 4.79 Å². The van der Waals surface area contributed by atoms with Gasteiger partial charge in [0.1, 0.15) is 11.4 Å². The van der Waals surface area contributed by atoms with Gasteiger partial charge in [-0.1, -0.05) is 26.2 Å². The highest BCUT2D eigenvalue weighted by Crippen LogP contribution is 2.24. The molecular weight excluding hydrogens is 266 g/mol. The molecule has 0 saturated heterocycles. The number of hydrogen-bond acceptors (Lipinski definition) is 3. The Morgan fingerprint density at radius 1 is 1.29 bits per heavy atom. The Labute approximate surface area is 127 Å². The van der Waals surface area contributed by atoms with E-state index in [0.717, 1.165) is 42.7 Å². The molecule has 0 saturated carbocycles. The Kier molecular flexibility index (Phi) is 6.69. The predicted molar refractivity (Wildman–Crippen MR) is 85.9 cm³/mol. The van der Waals surface area contributed by atoms with Crippen molar-refractivity contribution in [3.05, 3.63) is 23.8 Å². The van der Waals surface area contributed by atoms with Gasteiger partial charge in [0, 0.05) is 12.8 Å². The van der Waals surface area contributed by atoms with Crippen LogP contribution in [0.2, 0.25) is 0 Å². The summed E-state index contributed by atoms with van der Waals surface area (Å²) < 4.78 is 10.7. The summed E-state index contributed by atoms with van der Waals surface area (Å²) in [7, 11) is 3.22. The minimum atomic E-state index is -0.789. The third-order valence-electron chi connectivity index (χ3n) is 3.84. The van der Waals surface area contributed by atoms with Crippen LogP contribution >= 0.6 is 0 Å². The van der Waals surface area contributed by atoms with Gasteiger partial charge < -0.3 is 14.8 Å². The smallest absolute Gasteiger partial charge is 0.256 e. The largest absolute Gasteiger partial charge is 0.496 e. The van der Waals surface area contributed by atoms with Gasteiger partial charge in [-0.15, -0.1) is 0 Å². The molecular formula is C17H27NO3. The van der Waals surface area contributed by atoms with Crippen LogP contribution in [-0.2, 0) is 9.53 Å². The van der Waals surface area contributed by atoms with Crippen LogP contribution in [0.1, 0.15) is 45.1 Å². The van der Waals surface area contributed by atoms with Gasteiger partial charge in [-0.3, -0.25) is 4.79 Å². The topological polar surface area (TPSA) is 47.6 Å². The van der Waals surface area contributed by atoms with Gasteiger partial charge in [-0.05, 0) is 44.0 Å². The molecule has 118 valence electrons. The van der Waals surface area contributed by atoms with Crippen LogP contribution in [-0.4, -0.2) is 25.7 Å². The van der Waals surface area contributed by atoms with E-state index in [1.54, 1.807) is 14.2 Å². The van der Waals surface area contributed by atoms with E-state index in [1.165, 1.54) is 0 Å². The number of amides is 1. The van der Waals surface area contributed by atoms with Crippen LogP contribution in [0.3, 0.4) is 0 Å². The van der Waals surface area contributed by atoms with Crippen molar-refractivity contribution in [1.82, 2.24) is 0 Å². The summed E-state index contributed by atoms with van der Waals surface area (Å²) in [6, 6.07) is 5.59. The van der Waals surface area contributed by atoms with Crippen LogP contribution in [0.4, 0.5) is 5.69 Å². The van der Waals surface area contributed by atoms with Crippen molar-refractivity contribution in [2.75, 3.05) is 19.5 Å². The summed E-state index contributed by atoms with van der Waals surface area (Å²) in [6.07, 6.45) is 3.93. The fourth-order valence-electron chi connectivity index (χ4n) is 2.24. The summed E-state index contributed by atoms with van der Waals surface area (Å²) in [5, 5.41) is 2.93. The average molecular weight is 293 g/mol. The van der Waals surface area contributed by atoms with Gasteiger partial charge in [0.25, 0.3) is 5.91 Å². The number of anilines is 1. The molecule has 1 amide bonds. The molecule has 1 unspecified atom stereocenters. The zero-order valence-corrected chi connectivity index (χ0v) is 13.8. The maximum absolute atomic E-state index is 12.5. The number of rotatable bonds is 8. The third-order valence-corrected chi connectivity index (χ3v) is 3.84. The van der Waals surface area contributed by atoms with E-state index < -0.39 is 5.60 Å². The van der Waals surface area contributed by atoms with Gasteiger partial charge in [-0.2, -0.15) is 0 Å². The van der Waals surface area contributed by atoms with Crippen molar-refractivity contribution in [3.63, 3.8) is 0 Å². The lowest BCUT2D eigenvalue weighted by Gasteiger charge is -2.27. The lowest BCUT2D eigenvalue weighted by atomic mass is 9.97. The van der Waals surface area contributed by atoms with Crippen LogP contribution in [0.15, 0.2) is 18.2 Å². The first-order chi connectivity index (χ1) is 9.96. The van der Waals surface area contributed by atoms with E-state index in [4.69, 9.17) is 9.47 Å². The van der Waals surface area contributed by atoms with E-state index >= 15 is 0 Å². The highest BCUT2D eigenvalue weighted by atomic mass is 16.5. The molecule has 4 heteroatoms. The molecule has 0 spiro atoms. The fourth-order valence-corrected chi connectivity index (χ4v) is 2.24. The number of methoxy groups -OCH3 is 2. The molecule has 0 aliphatic rings. The number of carbonyl (C=O) groups excluding carboxylic acids is 1. The summed E-state index contributed by atoms with van der Waals surface area (Å²) >= 11 is 0. The van der Waals surface area contributed by atoms with Crippen molar-refractivity contribution in [3.8, 4) is 5.75 Å². The van der Waals surface area contributed by atoms with Crippen LogP contribution < -0.4 is 10.1 Å². The summed E-state index contributed by atoms with van der Waals surface area (Å²) in [4.78, 5) is 12.5. The van der Waals surface area contributed by atoms with Crippen molar-refractivity contribution in [2.24, 2.45) is 0 Å². The molecule has 0 aliphatic heterocycles. The molecule has 0 aromatic heterocycles. The summed E-state index contributed by atoms with van der Waals surface area (Å²) in [6.45, 7) is 5.93. The molecule has 0 aliphatic carbocycles. The van der Waals surface area contributed by atoms with Crippen molar-refractivity contribution in [2.45, 2.75) is 52.1 Å². The van der Waals surface area contributed by atoms with Gasteiger partial charge in [-0.25, -0.2) is 0 Å². The molecule has 1 rings (SSSR count). The number of aryl methyl sites for hydroxylation is 1. The lowest BCUT2D eigenvalue weighted by molar-refractivity contribution is -0.136. The number of unbranched alkanes of at least 4 members (excludes halogenated alkanes) is 2. The lowest BCUT2D eigenvalue weighted by Crippen LogP contribution is -2.41. The molecule has 1 aromatic carbocycles. The van der Waals surface area contributed by atoms with E-state index in [2.05, 4.69) is 12.2 Å². The summed E-state index contributed by atoms with van der Waals surface area (Å²) in [5.41, 5.74) is 0.959. The van der Waals surface area contributed by atoms with Crippen molar-refractivity contribution in [1.29, 1.82) is 0 Å². The number of nitrogens with one attached hydrogen (secondary N) is 1. The number of carbonyl (C=O) groups is 1. The second-order valence-electron chi connectivity index (χ2n) is 5.53. The van der Waals surface area contributed by atoms with Gasteiger partial charge >= 0.3 is 0 Å². The first-order valence-electron chi connectivity index (χ1n) is 7.48. The SMILES string of the molecule is CCCCCC(C)(OC)C(=O)Nc1ccc(OC)c(C)c1. The first kappa shape index (κ1) is 17.5. The highest BCUT2D eigenvalue weighted by Gasteiger charge is 2.32. The first-order valence-corrected chi connectivity index (χ1v) is 7.48. The molecule has 1 N–H and O–H groups in total. The minimum absolute atomic E-state index is 0.106. The second-order valence-corrected chi connectivity index (χ2v) is 5.53. The number of ether oxygens (including phenoxy) is 2. The van der Waals surface area contributed by atoms with Gasteiger partial charge in [0.15, 0.2) is 0 Å². The zero-order chi connectivity index (χ0) is 15.9. The Balaban J connectivity index is 2.75. The van der Waals surface area contributed by atoms with Crippen LogP contribution in [0.5, 0.6) is 5.75 Å². The normalized spacial score (nSPS) is 13.6. The zero-order valence-electron chi connectivity index (χ0n) is 13.8. The fraction of sp³-hybridized carbons (Fsp3) is 0.588. The van der Waals surface area contributed by atoms with E-state index in [0.29, 0.717) is 0 Å². The molecule has 4 nitrogen and oxygen atoms in total. The van der Waals surface area contributed by atoms with Crippen molar-refractivity contribution >= 4 is 11.6 Å². The quantitative estimate of drug-likeness (QED) is 0.739. The monoisotopic (exact) mass is 293 g/mol. The highest BCUT2D eigenvalue weighted by molar-refractivity contribution is 5.97. The standard InChI is InChI=1S/C17H27NO3/c1-6-7-8-11-17(3,21-5)16(19)18-14-9-10-15(20-4)13(2)12-14/h9-10,12H,6-8,11H2,1-5H3,(H,18,19). The Bertz CT molecular complexity index is 473. The Morgan fingerprint density at radius 3 is 2.52 bits per heavy atom. The molecule has 1 aromatic rings. The van der Waals surface area contributed by atoms with Crippen LogP contribution in [0.25, 0.3) is 0 Å². The molecule has 0 bridgehead atoms. The van der Waals surface area contributed by atoms with Gasteiger partial charge in [0.05, 0.1) is 7.11 Å². The Hall–Kier alpha value is -1.55. The second kappa shape index (κ2) is 8.03. The maximum atomic E-state index is 12.5. The number of benzene rings is 1. The third kappa shape index (κ3) is 4.74. The summed E-state index contributed by atoms with van der Waals surface area (Å²) in [5.74, 6) is 0.705. The average Bonchev–Trinajstić information content (AvgIpc) is 2.47. The molecule has 1 atom stereocenters. The van der Waals surface area contributed by atoms with Crippen LogP contribution in [0, 0.1) is 6.92 Å². The maximum Gasteiger partial charge on any atom is 0.256 e. The molecule has 0 radical (unpaired) electrons. The van der Waals surface area contributed by atoms with Gasteiger partial charge in [0.2, 0.25) is 0 Å². The van der Waals surface area contributed by atoms with Crippen molar-refractivity contribution < 1.29 is 14.3 Å². The molecule has 0 heterocycles.